The molecule has 4 rings (SSSR count). The molecule has 1 aliphatic rings. The molecular weight excluding hydrogens is 472 g/mol. The molecule has 1 N–H and O–H groups in total. The van der Waals surface area contributed by atoms with Crippen LogP contribution in [0.2, 0.25) is 0 Å². The van der Waals surface area contributed by atoms with Gasteiger partial charge in [0.2, 0.25) is 0 Å². The van der Waals surface area contributed by atoms with Gasteiger partial charge in [0.1, 0.15) is 28.2 Å². The van der Waals surface area contributed by atoms with Gasteiger partial charge in [0.05, 0.1) is 32.6 Å². The standard InChI is InChI=1S/C25H22N2O7S/c1-13-22(24(31)34-4)35-25(26-13)27-19(16-7-5-6-8-17(16)33-3)18(21(29)23(27)30)20(28)14-9-11-15(32-2)12-10-14/h5-12,19,28H,1-4H3/b20-18+. The lowest BCUT2D eigenvalue weighted by Crippen LogP contribution is -2.29. The summed E-state index contributed by atoms with van der Waals surface area (Å²) in [6.45, 7) is 1.61. The fourth-order valence-corrected chi connectivity index (χ4v) is 4.90. The first-order valence-corrected chi connectivity index (χ1v) is 11.3. The predicted molar refractivity (Wildman–Crippen MR) is 129 cm³/mol. The number of benzene rings is 2. The van der Waals surface area contributed by atoms with Crippen molar-refractivity contribution in [2.75, 3.05) is 26.2 Å². The van der Waals surface area contributed by atoms with Gasteiger partial charge in [-0.05, 0) is 37.3 Å². The van der Waals surface area contributed by atoms with Crippen LogP contribution in [0.3, 0.4) is 0 Å². The van der Waals surface area contributed by atoms with Crippen LogP contribution in [-0.2, 0) is 14.3 Å². The van der Waals surface area contributed by atoms with Crippen LogP contribution < -0.4 is 14.4 Å². The third kappa shape index (κ3) is 4.12. The SMILES string of the molecule is COC(=O)c1sc(N2C(=O)C(=O)/C(=C(/O)c3ccc(OC)cc3)C2c2ccccc2OC)nc1C. The molecule has 0 bridgehead atoms. The van der Waals surface area contributed by atoms with Gasteiger partial charge in [-0.2, -0.15) is 0 Å². The third-order valence-corrected chi connectivity index (χ3v) is 6.74. The van der Waals surface area contributed by atoms with Crippen molar-refractivity contribution in [3.05, 3.63) is 75.8 Å². The molecule has 1 atom stereocenters. The van der Waals surface area contributed by atoms with Crippen molar-refractivity contribution in [2.24, 2.45) is 0 Å². The minimum Gasteiger partial charge on any atom is -0.507 e. The average Bonchev–Trinajstić information content (AvgIpc) is 3.39. The fraction of sp³-hybridized carbons (Fsp3) is 0.200. The van der Waals surface area contributed by atoms with Crippen molar-refractivity contribution in [1.29, 1.82) is 0 Å². The van der Waals surface area contributed by atoms with E-state index >= 15 is 0 Å². The molecule has 3 aromatic rings. The monoisotopic (exact) mass is 494 g/mol. The molecule has 1 aromatic heterocycles. The van der Waals surface area contributed by atoms with Crippen LogP contribution in [0.4, 0.5) is 5.13 Å². The van der Waals surface area contributed by atoms with Crippen molar-refractivity contribution in [1.82, 2.24) is 4.98 Å². The summed E-state index contributed by atoms with van der Waals surface area (Å²) in [5.41, 5.74) is 1.02. The summed E-state index contributed by atoms with van der Waals surface area (Å²) in [7, 11) is 4.23. The molecule has 1 fully saturated rings. The van der Waals surface area contributed by atoms with Crippen molar-refractivity contribution in [2.45, 2.75) is 13.0 Å². The Morgan fingerprint density at radius 1 is 1.03 bits per heavy atom. The molecule has 9 nitrogen and oxygen atoms in total. The maximum absolute atomic E-state index is 13.3. The van der Waals surface area contributed by atoms with Crippen molar-refractivity contribution >= 4 is 39.9 Å². The number of esters is 1. The van der Waals surface area contributed by atoms with Crippen LogP contribution in [0.15, 0.2) is 54.1 Å². The minimum absolute atomic E-state index is 0.120. The van der Waals surface area contributed by atoms with E-state index in [1.165, 1.54) is 26.2 Å². The highest BCUT2D eigenvalue weighted by atomic mass is 32.1. The Kier molecular flexibility index (Phi) is 6.57. The largest absolute Gasteiger partial charge is 0.507 e. The van der Waals surface area contributed by atoms with Gasteiger partial charge in [0, 0.05) is 11.1 Å². The second-order valence-electron chi connectivity index (χ2n) is 7.54. The minimum atomic E-state index is -1.05. The molecular formula is C25H22N2O7S. The maximum atomic E-state index is 13.3. The number of aryl methyl sites for hydroxylation is 1. The molecule has 35 heavy (non-hydrogen) atoms. The van der Waals surface area contributed by atoms with Gasteiger partial charge in [-0.15, -0.1) is 0 Å². The number of para-hydroxylation sites is 1. The van der Waals surface area contributed by atoms with E-state index in [0.717, 1.165) is 11.3 Å². The number of aliphatic hydroxyl groups is 1. The van der Waals surface area contributed by atoms with Gasteiger partial charge < -0.3 is 19.3 Å². The van der Waals surface area contributed by atoms with Crippen molar-refractivity contribution in [3.63, 3.8) is 0 Å². The number of hydrogen-bond acceptors (Lipinski definition) is 9. The molecule has 1 aliphatic heterocycles. The Hall–Kier alpha value is -4.18. The lowest BCUT2D eigenvalue weighted by Gasteiger charge is -2.24. The number of hydrogen-bond donors (Lipinski definition) is 1. The number of ether oxygens (including phenoxy) is 3. The number of carbonyl (C=O) groups is 3. The average molecular weight is 495 g/mol. The van der Waals surface area contributed by atoms with E-state index in [-0.39, 0.29) is 21.3 Å². The van der Waals surface area contributed by atoms with E-state index in [9.17, 15) is 19.5 Å². The lowest BCUT2D eigenvalue weighted by molar-refractivity contribution is -0.132. The number of ketones is 1. The number of methoxy groups -OCH3 is 3. The third-order valence-electron chi connectivity index (χ3n) is 5.60. The summed E-state index contributed by atoms with van der Waals surface area (Å²) in [5, 5.41) is 11.3. The number of amides is 1. The van der Waals surface area contributed by atoms with Gasteiger partial charge >= 0.3 is 11.9 Å². The molecule has 2 aromatic carbocycles. The summed E-state index contributed by atoms with van der Waals surface area (Å²) in [5.74, 6) is -1.76. The normalized spacial score (nSPS) is 16.9. The van der Waals surface area contributed by atoms with Gasteiger partial charge in [0.15, 0.2) is 5.13 Å². The number of aromatic nitrogens is 1. The van der Waals surface area contributed by atoms with Crippen LogP contribution in [0.1, 0.15) is 32.5 Å². The van der Waals surface area contributed by atoms with Crippen LogP contribution in [-0.4, -0.2) is 49.1 Å². The summed E-state index contributed by atoms with van der Waals surface area (Å²) in [4.78, 5) is 44.6. The highest BCUT2D eigenvalue weighted by molar-refractivity contribution is 7.17. The van der Waals surface area contributed by atoms with E-state index < -0.39 is 23.7 Å². The van der Waals surface area contributed by atoms with Gasteiger partial charge in [-0.3, -0.25) is 14.5 Å². The predicted octanol–water partition coefficient (Wildman–Crippen LogP) is 3.88. The summed E-state index contributed by atoms with van der Waals surface area (Å²) < 4.78 is 15.5. The van der Waals surface area contributed by atoms with E-state index in [1.807, 2.05) is 0 Å². The van der Waals surface area contributed by atoms with Crippen molar-refractivity contribution < 1.29 is 33.7 Å². The van der Waals surface area contributed by atoms with Gasteiger partial charge in [-0.1, -0.05) is 29.5 Å². The fourth-order valence-electron chi connectivity index (χ4n) is 3.89. The highest BCUT2D eigenvalue weighted by Crippen LogP contribution is 2.46. The molecule has 1 unspecified atom stereocenters. The number of rotatable bonds is 6. The number of thiazole rings is 1. The molecule has 1 amide bonds. The Bertz CT molecular complexity index is 1340. The topological polar surface area (TPSA) is 115 Å². The maximum Gasteiger partial charge on any atom is 0.350 e. The Balaban J connectivity index is 1.95. The summed E-state index contributed by atoms with van der Waals surface area (Å²) in [6.07, 6.45) is 0. The number of carbonyl (C=O) groups excluding carboxylic acids is 3. The lowest BCUT2D eigenvalue weighted by atomic mass is 9.94. The number of aliphatic hydroxyl groups excluding tert-OH is 1. The van der Waals surface area contributed by atoms with Crippen LogP contribution in [0, 0.1) is 6.92 Å². The first kappa shape index (κ1) is 24.0. The first-order chi connectivity index (χ1) is 16.8. The zero-order valence-corrected chi connectivity index (χ0v) is 20.2. The van der Waals surface area contributed by atoms with Crippen LogP contribution in [0.25, 0.3) is 5.76 Å². The van der Waals surface area contributed by atoms with Crippen LogP contribution >= 0.6 is 11.3 Å². The quantitative estimate of drug-likeness (QED) is 0.238. The van der Waals surface area contributed by atoms with Crippen LogP contribution in [0.5, 0.6) is 11.5 Å². The molecule has 10 heteroatoms. The summed E-state index contributed by atoms with van der Waals surface area (Å²) >= 11 is 0.927. The molecule has 0 saturated carbocycles. The Morgan fingerprint density at radius 2 is 1.71 bits per heavy atom. The van der Waals surface area contributed by atoms with Crippen molar-refractivity contribution in [3.8, 4) is 11.5 Å². The van der Waals surface area contributed by atoms with Gasteiger partial charge in [0.25, 0.3) is 5.78 Å². The highest BCUT2D eigenvalue weighted by Gasteiger charge is 2.49. The first-order valence-electron chi connectivity index (χ1n) is 10.5. The number of nitrogens with zero attached hydrogens (tertiary/aromatic N) is 2. The molecule has 0 aliphatic carbocycles. The molecule has 1 saturated heterocycles. The van der Waals surface area contributed by atoms with E-state index in [0.29, 0.717) is 28.3 Å². The molecule has 2 heterocycles. The molecule has 180 valence electrons. The Morgan fingerprint density at radius 3 is 2.34 bits per heavy atom. The number of Topliss-reactive ketones (excluding diaryl/α,β-unsaturated/α-hetero) is 1. The number of anilines is 1. The second-order valence-corrected chi connectivity index (χ2v) is 8.52. The van der Waals surface area contributed by atoms with E-state index in [1.54, 1.807) is 55.5 Å². The zero-order chi connectivity index (χ0) is 25.3. The summed E-state index contributed by atoms with van der Waals surface area (Å²) in [6, 6.07) is 12.3. The van der Waals surface area contributed by atoms with Gasteiger partial charge in [-0.25, -0.2) is 9.78 Å². The van der Waals surface area contributed by atoms with E-state index in [4.69, 9.17) is 14.2 Å². The second kappa shape index (κ2) is 9.59. The molecule has 0 spiro atoms. The Labute approximate surface area is 205 Å². The molecule has 0 radical (unpaired) electrons. The smallest absolute Gasteiger partial charge is 0.350 e. The van der Waals surface area contributed by atoms with E-state index in [2.05, 4.69) is 4.98 Å². The zero-order valence-electron chi connectivity index (χ0n) is 19.4.